The monoisotopic (exact) mass is 296 g/mol. The fourth-order valence-corrected chi connectivity index (χ4v) is 2.89. The Kier molecular flexibility index (Phi) is 4.11. The van der Waals surface area contributed by atoms with Crippen LogP contribution in [0.3, 0.4) is 0 Å². The number of fused-ring (bicyclic) bond motifs is 1. The predicted molar refractivity (Wildman–Crippen MR) is 85.3 cm³/mol. The molecule has 3 N–H and O–H groups in total. The number of hydrogen-bond acceptors (Lipinski definition) is 3. The second kappa shape index (κ2) is 6.20. The SMILES string of the molecule is N[C@@H](Cc1ccc(O)cc1)C(=O)N1CCc2ccccc2C1. The van der Waals surface area contributed by atoms with E-state index in [1.165, 1.54) is 11.1 Å². The van der Waals surface area contributed by atoms with E-state index < -0.39 is 6.04 Å². The van der Waals surface area contributed by atoms with Crippen molar-refractivity contribution in [3.05, 3.63) is 65.2 Å². The highest BCUT2D eigenvalue weighted by atomic mass is 16.3. The molecular weight excluding hydrogens is 276 g/mol. The number of hydrogen-bond donors (Lipinski definition) is 2. The van der Waals surface area contributed by atoms with Gasteiger partial charge in [-0.05, 0) is 41.7 Å². The molecule has 2 aromatic rings. The van der Waals surface area contributed by atoms with E-state index >= 15 is 0 Å². The number of phenolic OH excluding ortho intramolecular Hbond substituents is 1. The van der Waals surface area contributed by atoms with E-state index in [2.05, 4.69) is 12.1 Å². The Morgan fingerprint density at radius 1 is 1.14 bits per heavy atom. The summed E-state index contributed by atoms with van der Waals surface area (Å²) in [6.45, 7) is 1.36. The van der Waals surface area contributed by atoms with Crippen molar-refractivity contribution in [3.8, 4) is 5.75 Å². The van der Waals surface area contributed by atoms with Crippen LogP contribution in [0.15, 0.2) is 48.5 Å². The van der Waals surface area contributed by atoms with Gasteiger partial charge >= 0.3 is 0 Å². The van der Waals surface area contributed by atoms with Gasteiger partial charge in [0.2, 0.25) is 5.91 Å². The van der Waals surface area contributed by atoms with Gasteiger partial charge in [-0.15, -0.1) is 0 Å². The quantitative estimate of drug-likeness (QED) is 0.908. The molecule has 0 bridgehead atoms. The van der Waals surface area contributed by atoms with Crippen molar-refractivity contribution in [2.75, 3.05) is 6.54 Å². The Balaban J connectivity index is 1.65. The Morgan fingerprint density at radius 2 is 1.82 bits per heavy atom. The van der Waals surface area contributed by atoms with Crippen LogP contribution in [0.2, 0.25) is 0 Å². The first-order chi connectivity index (χ1) is 10.6. The molecule has 0 aliphatic carbocycles. The minimum atomic E-state index is -0.546. The molecular formula is C18H20N2O2. The van der Waals surface area contributed by atoms with Gasteiger partial charge in [0.15, 0.2) is 0 Å². The summed E-state index contributed by atoms with van der Waals surface area (Å²) in [5.74, 6) is 0.207. The Hall–Kier alpha value is -2.33. The van der Waals surface area contributed by atoms with Crippen LogP contribution in [0.5, 0.6) is 5.75 Å². The summed E-state index contributed by atoms with van der Waals surface area (Å²) in [6.07, 6.45) is 1.37. The van der Waals surface area contributed by atoms with E-state index in [-0.39, 0.29) is 11.7 Å². The van der Waals surface area contributed by atoms with E-state index in [1.54, 1.807) is 24.3 Å². The molecule has 0 radical (unpaired) electrons. The average molecular weight is 296 g/mol. The smallest absolute Gasteiger partial charge is 0.240 e. The average Bonchev–Trinajstić information content (AvgIpc) is 2.55. The minimum Gasteiger partial charge on any atom is -0.508 e. The molecule has 22 heavy (non-hydrogen) atoms. The number of nitrogens with two attached hydrogens (primary N) is 1. The van der Waals surface area contributed by atoms with Crippen LogP contribution < -0.4 is 5.73 Å². The number of nitrogens with zero attached hydrogens (tertiary/aromatic N) is 1. The zero-order valence-corrected chi connectivity index (χ0v) is 12.4. The highest BCUT2D eigenvalue weighted by Gasteiger charge is 2.24. The molecule has 0 aromatic heterocycles. The summed E-state index contributed by atoms with van der Waals surface area (Å²) in [6, 6.07) is 14.5. The number of carbonyl (C=O) groups excluding carboxylic acids is 1. The molecule has 1 amide bonds. The van der Waals surface area contributed by atoms with E-state index in [4.69, 9.17) is 5.73 Å². The molecule has 3 rings (SSSR count). The second-order valence-electron chi connectivity index (χ2n) is 5.76. The maximum absolute atomic E-state index is 12.5. The van der Waals surface area contributed by atoms with Crippen LogP contribution in [-0.2, 0) is 24.2 Å². The third-order valence-corrected chi connectivity index (χ3v) is 4.15. The van der Waals surface area contributed by atoms with Crippen molar-refractivity contribution in [3.63, 3.8) is 0 Å². The molecule has 0 saturated carbocycles. The molecule has 1 atom stereocenters. The van der Waals surface area contributed by atoms with Gasteiger partial charge in [0.1, 0.15) is 5.75 Å². The summed E-state index contributed by atoms with van der Waals surface area (Å²) in [5.41, 5.74) is 9.56. The van der Waals surface area contributed by atoms with E-state index in [0.717, 1.165) is 18.5 Å². The zero-order chi connectivity index (χ0) is 15.5. The van der Waals surface area contributed by atoms with Gasteiger partial charge in [0, 0.05) is 13.1 Å². The lowest BCUT2D eigenvalue weighted by molar-refractivity contribution is -0.133. The highest BCUT2D eigenvalue weighted by Crippen LogP contribution is 2.19. The van der Waals surface area contributed by atoms with E-state index in [0.29, 0.717) is 13.0 Å². The lowest BCUT2D eigenvalue weighted by Gasteiger charge is -2.30. The number of phenols is 1. The van der Waals surface area contributed by atoms with Gasteiger partial charge in [-0.3, -0.25) is 4.79 Å². The fraction of sp³-hybridized carbons (Fsp3) is 0.278. The lowest BCUT2D eigenvalue weighted by atomic mass is 9.98. The first-order valence-electron chi connectivity index (χ1n) is 7.52. The van der Waals surface area contributed by atoms with Crippen molar-refractivity contribution in [2.45, 2.75) is 25.4 Å². The predicted octanol–water partition coefficient (Wildman–Crippen LogP) is 1.85. The number of carbonyl (C=O) groups is 1. The summed E-state index contributed by atoms with van der Waals surface area (Å²) in [4.78, 5) is 14.4. The number of rotatable bonds is 3. The minimum absolute atomic E-state index is 0.0115. The summed E-state index contributed by atoms with van der Waals surface area (Å²) >= 11 is 0. The fourth-order valence-electron chi connectivity index (χ4n) is 2.89. The molecule has 4 nitrogen and oxygen atoms in total. The van der Waals surface area contributed by atoms with E-state index in [1.807, 2.05) is 17.0 Å². The first-order valence-corrected chi connectivity index (χ1v) is 7.52. The van der Waals surface area contributed by atoms with Crippen molar-refractivity contribution < 1.29 is 9.90 Å². The highest BCUT2D eigenvalue weighted by molar-refractivity contribution is 5.82. The maximum atomic E-state index is 12.5. The van der Waals surface area contributed by atoms with Crippen LogP contribution >= 0.6 is 0 Å². The second-order valence-corrected chi connectivity index (χ2v) is 5.76. The number of amides is 1. The lowest BCUT2D eigenvalue weighted by Crippen LogP contribution is -2.46. The van der Waals surface area contributed by atoms with Crippen LogP contribution in [0, 0.1) is 0 Å². The zero-order valence-electron chi connectivity index (χ0n) is 12.4. The molecule has 114 valence electrons. The molecule has 0 fully saturated rings. The van der Waals surface area contributed by atoms with Crippen LogP contribution in [0.1, 0.15) is 16.7 Å². The third kappa shape index (κ3) is 3.12. The van der Waals surface area contributed by atoms with Crippen molar-refractivity contribution >= 4 is 5.91 Å². The molecule has 0 spiro atoms. The Bertz CT molecular complexity index is 667. The van der Waals surface area contributed by atoms with Crippen molar-refractivity contribution in [1.29, 1.82) is 0 Å². The van der Waals surface area contributed by atoms with Crippen LogP contribution in [0.4, 0.5) is 0 Å². The van der Waals surface area contributed by atoms with Crippen molar-refractivity contribution in [2.24, 2.45) is 5.73 Å². The Labute approximate surface area is 130 Å². The van der Waals surface area contributed by atoms with Gasteiger partial charge in [-0.2, -0.15) is 0 Å². The Morgan fingerprint density at radius 3 is 2.55 bits per heavy atom. The van der Waals surface area contributed by atoms with Gasteiger partial charge < -0.3 is 15.7 Å². The summed E-state index contributed by atoms with van der Waals surface area (Å²) < 4.78 is 0. The van der Waals surface area contributed by atoms with Crippen LogP contribution in [0.25, 0.3) is 0 Å². The van der Waals surface area contributed by atoms with Gasteiger partial charge in [0.25, 0.3) is 0 Å². The number of benzene rings is 2. The molecule has 1 aliphatic rings. The third-order valence-electron chi connectivity index (χ3n) is 4.15. The maximum Gasteiger partial charge on any atom is 0.240 e. The van der Waals surface area contributed by atoms with Crippen LogP contribution in [-0.4, -0.2) is 28.5 Å². The molecule has 0 unspecified atom stereocenters. The van der Waals surface area contributed by atoms with Gasteiger partial charge in [-0.25, -0.2) is 0 Å². The molecule has 2 aromatic carbocycles. The van der Waals surface area contributed by atoms with E-state index in [9.17, 15) is 9.90 Å². The van der Waals surface area contributed by atoms with Gasteiger partial charge in [-0.1, -0.05) is 36.4 Å². The summed E-state index contributed by atoms with van der Waals surface area (Å²) in [7, 11) is 0. The first kappa shape index (κ1) is 14.6. The summed E-state index contributed by atoms with van der Waals surface area (Å²) in [5, 5.41) is 9.29. The molecule has 1 aliphatic heterocycles. The molecule has 0 saturated heterocycles. The normalized spacial score (nSPS) is 15.2. The standard InChI is InChI=1S/C18H20N2O2/c19-17(11-13-5-7-16(21)8-6-13)18(22)20-10-9-14-3-1-2-4-15(14)12-20/h1-8,17,21H,9-12,19H2/t17-/m0/s1. The molecule has 4 heteroatoms. The number of aromatic hydroxyl groups is 1. The molecule has 1 heterocycles. The van der Waals surface area contributed by atoms with Gasteiger partial charge in [0.05, 0.1) is 6.04 Å². The van der Waals surface area contributed by atoms with Crippen molar-refractivity contribution in [1.82, 2.24) is 4.90 Å². The topological polar surface area (TPSA) is 66.6 Å². The largest absolute Gasteiger partial charge is 0.508 e.